The Kier molecular flexibility index (Phi) is 2.95. The standard InChI is InChI=1S/C15H14N2OS/c1-9(2)13-8-19-15(17-13)12-7-14(18)10-5-3-4-6-11(10)16-12/h3-9H,1-2H3,(H,16,18). The summed E-state index contributed by atoms with van der Waals surface area (Å²) in [7, 11) is 0. The lowest BCUT2D eigenvalue weighted by Gasteiger charge is -2.01. The van der Waals surface area contributed by atoms with E-state index in [0.29, 0.717) is 11.3 Å². The molecule has 3 nitrogen and oxygen atoms in total. The lowest BCUT2D eigenvalue weighted by Crippen LogP contribution is -2.02. The van der Waals surface area contributed by atoms with Gasteiger partial charge in [-0.1, -0.05) is 26.0 Å². The molecule has 0 saturated carbocycles. The fourth-order valence-corrected chi connectivity index (χ4v) is 2.94. The van der Waals surface area contributed by atoms with Crippen LogP contribution in [0.25, 0.3) is 21.6 Å². The van der Waals surface area contributed by atoms with E-state index in [4.69, 9.17) is 0 Å². The zero-order chi connectivity index (χ0) is 13.4. The number of nitrogens with one attached hydrogen (secondary N) is 1. The van der Waals surface area contributed by atoms with E-state index >= 15 is 0 Å². The van der Waals surface area contributed by atoms with Crippen molar-refractivity contribution in [3.63, 3.8) is 0 Å². The number of para-hydroxylation sites is 1. The van der Waals surface area contributed by atoms with Gasteiger partial charge in [0, 0.05) is 22.3 Å². The average Bonchev–Trinajstić information content (AvgIpc) is 2.88. The Morgan fingerprint density at radius 1 is 1.26 bits per heavy atom. The summed E-state index contributed by atoms with van der Waals surface area (Å²) in [6, 6.07) is 9.17. The predicted molar refractivity (Wildman–Crippen MR) is 79.8 cm³/mol. The number of nitrogens with zero attached hydrogens (tertiary/aromatic N) is 1. The number of hydrogen-bond acceptors (Lipinski definition) is 3. The lowest BCUT2D eigenvalue weighted by atomic mass is 10.1. The molecule has 0 radical (unpaired) electrons. The van der Waals surface area contributed by atoms with Crippen LogP contribution in [0.15, 0.2) is 40.5 Å². The van der Waals surface area contributed by atoms with Gasteiger partial charge in [-0.05, 0) is 18.1 Å². The van der Waals surface area contributed by atoms with Gasteiger partial charge >= 0.3 is 0 Å². The minimum absolute atomic E-state index is 0.0330. The van der Waals surface area contributed by atoms with Crippen molar-refractivity contribution in [2.24, 2.45) is 0 Å². The maximum Gasteiger partial charge on any atom is 0.190 e. The smallest absolute Gasteiger partial charge is 0.190 e. The van der Waals surface area contributed by atoms with E-state index < -0.39 is 0 Å². The van der Waals surface area contributed by atoms with Gasteiger partial charge in [-0.25, -0.2) is 4.98 Å². The van der Waals surface area contributed by atoms with Crippen molar-refractivity contribution in [2.45, 2.75) is 19.8 Å². The van der Waals surface area contributed by atoms with Crippen molar-refractivity contribution in [2.75, 3.05) is 0 Å². The second kappa shape index (κ2) is 4.63. The normalized spacial score (nSPS) is 11.3. The number of fused-ring (bicyclic) bond motifs is 1. The van der Waals surface area contributed by atoms with Crippen molar-refractivity contribution in [3.05, 3.63) is 51.6 Å². The zero-order valence-corrected chi connectivity index (χ0v) is 11.6. The summed E-state index contributed by atoms with van der Waals surface area (Å²) in [6.07, 6.45) is 0. The number of pyridine rings is 1. The summed E-state index contributed by atoms with van der Waals surface area (Å²) in [4.78, 5) is 19.9. The zero-order valence-electron chi connectivity index (χ0n) is 10.8. The van der Waals surface area contributed by atoms with Gasteiger partial charge in [-0.3, -0.25) is 4.79 Å². The average molecular weight is 270 g/mol. The van der Waals surface area contributed by atoms with E-state index in [1.165, 1.54) is 0 Å². The number of aromatic nitrogens is 2. The minimum atomic E-state index is 0.0330. The Morgan fingerprint density at radius 3 is 2.79 bits per heavy atom. The van der Waals surface area contributed by atoms with Crippen LogP contribution in [0.5, 0.6) is 0 Å². The molecule has 0 spiro atoms. The van der Waals surface area contributed by atoms with Gasteiger partial charge in [-0.2, -0.15) is 0 Å². The first-order valence-electron chi connectivity index (χ1n) is 6.23. The molecule has 3 aromatic rings. The second-order valence-corrected chi connectivity index (χ2v) is 5.68. The molecule has 1 N–H and O–H groups in total. The molecular formula is C15H14N2OS. The summed E-state index contributed by atoms with van der Waals surface area (Å²) < 4.78 is 0. The molecule has 0 saturated heterocycles. The number of aromatic amines is 1. The molecule has 3 rings (SSSR count). The van der Waals surface area contributed by atoms with Crippen LogP contribution in [-0.2, 0) is 0 Å². The predicted octanol–water partition coefficient (Wildman–Crippen LogP) is 3.78. The fraction of sp³-hybridized carbons (Fsp3) is 0.200. The van der Waals surface area contributed by atoms with E-state index in [-0.39, 0.29) is 5.43 Å². The number of thiazole rings is 1. The highest BCUT2D eigenvalue weighted by atomic mass is 32.1. The molecule has 0 aliphatic rings. The largest absolute Gasteiger partial charge is 0.352 e. The molecule has 2 heterocycles. The second-order valence-electron chi connectivity index (χ2n) is 4.83. The third-order valence-corrected chi connectivity index (χ3v) is 3.97. The van der Waals surface area contributed by atoms with Crippen molar-refractivity contribution in [1.82, 2.24) is 9.97 Å². The van der Waals surface area contributed by atoms with Gasteiger partial charge in [0.05, 0.1) is 11.4 Å². The van der Waals surface area contributed by atoms with Crippen LogP contribution < -0.4 is 5.43 Å². The first kappa shape index (κ1) is 12.1. The Bertz CT molecular complexity index is 786. The van der Waals surface area contributed by atoms with Gasteiger partial charge in [0.25, 0.3) is 0 Å². The summed E-state index contributed by atoms with van der Waals surface area (Å²) in [5.74, 6) is 0.400. The van der Waals surface area contributed by atoms with Crippen LogP contribution >= 0.6 is 11.3 Å². The van der Waals surface area contributed by atoms with Crippen molar-refractivity contribution < 1.29 is 0 Å². The Balaban J connectivity index is 2.17. The molecule has 0 aliphatic heterocycles. The molecule has 0 amide bonds. The van der Waals surface area contributed by atoms with Crippen molar-refractivity contribution in [3.8, 4) is 10.7 Å². The van der Waals surface area contributed by atoms with E-state index in [0.717, 1.165) is 21.9 Å². The summed E-state index contributed by atoms with van der Waals surface area (Å²) in [6.45, 7) is 4.23. The number of rotatable bonds is 2. The number of benzene rings is 1. The van der Waals surface area contributed by atoms with Crippen LogP contribution in [0.4, 0.5) is 0 Å². The third kappa shape index (κ3) is 2.19. The summed E-state index contributed by atoms with van der Waals surface area (Å²) >= 11 is 1.57. The van der Waals surface area contributed by atoms with Crippen LogP contribution in [0.3, 0.4) is 0 Å². The van der Waals surface area contributed by atoms with Crippen LogP contribution in [0, 0.1) is 0 Å². The topological polar surface area (TPSA) is 45.8 Å². The lowest BCUT2D eigenvalue weighted by molar-refractivity contribution is 0.834. The monoisotopic (exact) mass is 270 g/mol. The minimum Gasteiger partial charge on any atom is -0.352 e. The van der Waals surface area contributed by atoms with Gasteiger partial charge in [0.2, 0.25) is 0 Å². The fourth-order valence-electron chi connectivity index (χ4n) is 1.99. The highest BCUT2D eigenvalue weighted by molar-refractivity contribution is 7.13. The molecule has 0 atom stereocenters. The molecule has 96 valence electrons. The first-order valence-corrected chi connectivity index (χ1v) is 7.11. The maximum absolute atomic E-state index is 12.1. The quantitative estimate of drug-likeness (QED) is 0.770. The van der Waals surface area contributed by atoms with Gasteiger partial charge < -0.3 is 4.98 Å². The highest BCUT2D eigenvalue weighted by Gasteiger charge is 2.09. The summed E-state index contributed by atoms with van der Waals surface area (Å²) in [5.41, 5.74) is 2.74. The molecule has 0 fully saturated rings. The van der Waals surface area contributed by atoms with Crippen molar-refractivity contribution >= 4 is 22.2 Å². The summed E-state index contributed by atoms with van der Waals surface area (Å²) in [5, 5.41) is 3.63. The number of H-pyrrole nitrogens is 1. The molecule has 2 aromatic heterocycles. The Hall–Kier alpha value is -1.94. The van der Waals surface area contributed by atoms with Crippen LogP contribution in [-0.4, -0.2) is 9.97 Å². The van der Waals surface area contributed by atoms with E-state index in [1.807, 2.05) is 29.6 Å². The Morgan fingerprint density at radius 2 is 2.05 bits per heavy atom. The molecule has 4 heteroatoms. The van der Waals surface area contributed by atoms with Crippen LogP contribution in [0.1, 0.15) is 25.5 Å². The van der Waals surface area contributed by atoms with Gasteiger partial charge in [0.1, 0.15) is 5.01 Å². The van der Waals surface area contributed by atoms with Gasteiger partial charge in [0.15, 0.2) is 5.43 Å². The van der Waals surface area contributed by atoms with Gasteiger partial charge in [-0.15, -0.1) is 11.3 Å². The molecule has 1 aromatic carbocycles. The van der Waals surface area contributed by atoms with E-state index in [1.54, 1.807) is 17.4 Å². The number of hydrogen-bond donors (Lipinski definition) is 1. The van der Waals surface area contributed by atoms with E-state index in [2.05, 4.69) is 23.8 Å². The molecule has 0 aliphatic carbocycles. The SMILES string of the molecule is CC(C)c1csc(-c2cc(=O)c3ccccc3[nH]2)n1. The van der Waals surface area contributed by atoms with Crippen molar-refractivity contribution in [1.29, 1.82) is 0 Å². The Labute approximate surface area is 115 Å². The third-order valence-electron chi connectivity index (χ3n) is 3.08. The van der Waals surface area contributed by atoms with Crippen LogP contribution in [0.2, 0.25) is 0 Å². The molecule has 0 unspecified atom stereocenters. The first-order chi connectivity index (χ1) is 9.15. The maximum atomic E-state index is 12.1. The molecule has 0 bridgehead atoms. The molecular weight excluding hydrogens is 256 g/mol. The molecule has 19 heavy (non-hydrogen) atoms. The van der Waals surface area contributed by atoms with E-state index in [9.17, 15) is 4.79 Å². The highest BCUT2D eigenvalue weighted by Crippen LogP contribution is 2.25.